The van der Waals surface area contributed by atoms with Gasteiger partial charge in [-0.2, -0.15) is 0 Å². The topological polar surface area (TPSA) is 42.0 Å². The summed E-state index contributed by atoms with van der Waals surface area (Å²) in [6.45, 7) is 4.79. The molecule has 1 saturated heterocycles. The molecule has 1 fully saturated rings. The molecule has 0 unspecified atom stereocenters. The van der Waals surface area contributed by atoms with Crippen LogP contribution in [-0.4, -0.2) is 72.6 Å². The Morgan fingerprint density at radius 3 is 2.34 bits per heavy atom. The van der Waals surface area contributed by atoms with E-state index in [2.05, 4.69) is 16.8 Å². The number of rotatable bonds is 9. The van der Waals surface area contributed by atoms with Crippen LogP contribution in [0.3, 0.4) is 0 Å². The molecule has 170 valence electrons. The number of ketones is 1. The van der Waals surface area contributed by atoms with E-state index >= 15 is 0 Å². The van der Waals surface area contributed by atoms with Crippen LogP contribution in [0.4, 0.5) is 0 Å². The van der Waals surface area contributed by atoms with Gasteiger partial charge in [0.05, 0.1) is 13.7 Å². The lowest BCUT2D eigenvalue weighted by molar-refractivity contribution is 0.104. The van der Waals surface area contributed by atoms with Crippen LogP contribution in [0.1, 0.15) is 22.3 Å². The van der Waals surface area contributed by atoms with Crippen molar-refractivity contribution in [2.24, 2.45) is 0 Å². The quantitative estimate of drug-likeness (QED) is 0.229. The Balaban J connectivity index is 1.36. The number of hydrogen-bond acceptors (Lipinski definition) is 6. The van der Waals surface area contributed by atoms with Gasteiger partial charge in [0.15, 0.2) is 5.78 Å². The number of allylic oxidation sites excluding steroid dienone is 1. The summed E-state index contributed by atoms with van der Waals surface area (Å²) in [5.74, 6) is 2.46. The maximum absolute atomic E-state index is 12.4. The van der Waals surface area contributed by atoms with E-state index in [0.29, 0.717) is 12.2 Å². The first-order valence-corrected chi connectivity index (χ1v) is 12.1. The molecule has 0 radical (unpaired) electrons. The molecule has 0 saturated carbocycles. The van der Waals surface area contributed by atoms with Crippen LogP contribution in [0.15, 0.2) is 54.6 Å². The molecule has 2 aromatic rings. The summed E-state index contributed by atoms with van der Waals surface area (Å²) >= 11 is 7.28. The van der Waals surface area contributed by atoms with Crippen LogP contribution in [0, 0.1) is 0 Å². The molecule has 3 rings (SSSR count). The third-order valence-electron chi connectivity index (χ3n) is 5.23. The lowest BCUT2D eigenvalue weighted by Crippen LogP contribution is -2.45. The highest BCUT2D eigenvalue weighted by atomic mass is 32.2. The highest BCUT2D eigenvalue weighted by Gasteiger charge is 2.16. The second-order valence-electron chi connectivity index (χ2n) is 7.60. The average molecular weight is 471 g/mol. The number of nitrogens with zero attached hydrogens (tertiary/aromatic N) is 2. The number of thioether (sulfide) groups is 1. The summed E-state index contributed by atoms with van der Waals surface area (Å²) < 4.78 is 11.9. The average Bonchev–Trinajstić information content (AvgIpc) is 2.83. The minimum atomic E-state index is -0.0406. The maximum atomic E-state index is 12.4. The molecule has 0 aliphatic carbocycles. The van der Waals surface area contributed by atoms with Crippen molar-refractivity contribution in [2.45, 2.75) is 6.42 Å². The van der Waals surface area contributed by atoms with Gasteiger partial charge in [-0.1, -0.05) is 42.2 Å². The number of carbonyl (C=O) groups is 1. The molecule has 0 bridgehead atoms. The van der Waals surface area contributed by atoms with E-state index in [1.807, 2.05) is 36.4 Å². The lowest BCUT2D eigenvalue weighted by atomic mass is 10.1. The molecule has 1 aliphatic heterocycles. The molecular formula is C25H30N2O3S2. The van der Waals surface area contributed by atoms with Gasteiger partial charge in [0, 0.05) is 37.5 Å². The van der Waals surface area contributed by atoms with Gasteiger partial charge in [0.25, 0.3) is 0 Å². The van der Waals surface area contributed by atoms with E-state index in [4.69, 9.17) is 21.7 Å². The Kier molecular flexibility index (Phi) is 9.59. The summed E-state index contributed by atoms with van der Waals surface area (Å²) in [5.41, 5.74) is 1.58. The minimum absolute atomic E-state index is 0.0406. The molecule has 0 N–H and O–H groups in total. The standard InChI is InChI=1S/C25H30N2O3S2/c1-26-14-16-27(17-15-26)25(31)32-19-3-18-30-23-11-7-21(8-12-23)24(28)13-6-20-4-9-22(29-2)10-5-20/h4-13H,3,14-19H2,1-2H3/b13-6+. The Morgan fingerprint density at radius 1 is 1.03 bits per heavy atom. The van der Waals surface area contributed by atoms with Crippen LogP contribution in [0.2, 0.25) is 0 Å². The van der Waals surface area contributed by atoms with Crippen LogP contribution < -0.4 is 9.47 Å². The number of piperazine rings is 1. The van der Waals surface area contributed by atoms with Crippen molar-refractivity contribution in [3.63, 3.8) is 0 Å². The summed E-state index contributed by atoms with van der Waals surface area (Å²) in [4.78, 5) is 17.0. The molecule has 2 aromatic carbocycles. The fourth-order valence-corrected chi connectivity index (χ4v) is 4.42. The van der Waals surface area contributed by atoms with Gasteiger partial charge in [0.2, 0.25) is 0 Å². The number of benzene rings is 2. The van der Waals surface area contributed by atoms with Gasteiger partial charge in [-0.3, -0.25) is 4.79 Å². The molecule has 0 atom stereocenters. The highest BCUT2D eigenvalue weighted by Crippen LogP contribution is 2.17. The predicted octanol–water partition coefficient (Wildman–Crippen LogP) is 4.63. The Labute approximate surface area is 200 Å². The van der Waals surface area contributed by atoms with Crippen molar-refractivity contribution in [3.05, 3.63) is 65.7 Å². The second kappa shape index (κ2) is 12.6. The zero-order valence-electron chi connectivity index (χ0n) is 18.7. The van der Waals surface area contributed by atoms with Gasteiger partial charge < -0.3 is 19.3 Å². The van der Waals surface area contributed by atoms with Gasteiger partial charge in [-0.25, -0.2) is 0 Å². The smallest absolute Gasteiger partial charge is 0.185 e. The number of thiocarbonyl (C=S) groups is 1. The number of hydrogen-bond donors (Lipinski definition) is 0. The number of methoxy groups -OCH3 is 1. The van der Waals surface area contributed by atoms with Crippen molar-refractivity contribution in [2.75, 3.05) is 52.7 Å². The molecule has 32 heavy (non-hydrogen) atoms. The van der Waals surface area contributed by atoms with E-state index in [1.54, 1.807) is 43.2 Å². The third kappa shape index (κ3) is 7.65. The summed E-state index contributed by atoms with van der Waals surface area (Å²) in [5, 5.41) is 0. The second-order valence-corrected chi connectivity index (χ2v) is 9.33. The fourth-order valence-electron chi connectivity index (χ4n) is 3.19. The van der Waals surface area contributed by atoms with Crippen molar-refractivity contribution < 1.29 is 14.3 Å². The first-order valence-electron chi connectivity index (χ1n) is 10.7. The minimum Gasteiger partial charge on any atom is -0.497 e. The van der Waals surface area contributed by atoms with Crippen LogP contribution in [0.5, 0.6) is 11.5 Å². The van der Waals surface area contributed by atoms with Crippen molar-refractivity contribution >= 4 is 40.2 Å². The molecule has 0 aromatic heterocycles. The Morgan fingerprint density at radius 2 is 1.69 bits per heavy atom. The van der Waals surface area contributed by atoms with Crippen LogP contribution in [-0.2, 0) is 0 Å². The predicted molar refractivity (Wildman–Crippen MR) is 137 cm³/mol. The van der Waals surface area contributed by atoms with Gasteiger partial charge in [-0.05, 0) is 61.5 Å². The van der Waals surface area contributed by atoms with E-state index in [1.165, 1.54) is 0 Å². The molecule has 1 heterocycles. The first kappa shape index (κ1) is 24.3. The van der Waals surface area contributed by atoms with Gasteiger partial charge in [0.1, 0.15) is 15.8 Å². The van der Waals surface area contributed by atoms with E-state index in [0.717, 1.165) is 59.7 Å². The Hall–Kier alpha value is -2.35. The van der Waals surface area contributed by atoms with Crippen molar-refractivity contribution in [1.82, 2.24) is 9.80 Å². The largest absolute Gasteiger partial charge is 0.497 e. The molecule has 7 heteroatoms. The molecule has 0 amide bonds. The van der Waals surface area contributed by atoms with Crippen LogP contribution in [0.25, 0.3) is 6.08 Å². The molecule has 0 spiro atoms. The van der Waals surface area contributed by atoms with Crippen molar-refractivity contribution in [3.8, 4) is 11.5 Å². The van der Waals surface area contributed by atoms with Gasteiger partial charge in [-0.15, -0.1) is 0 Å². The first-order chi connectivity index (χ1) is 15.5. The highest BCUT2D eigenvalue weighted by molar-refractivity contribution is 8.22. The van der Waals surface area contributed by atoms with E-state index in [-0.39, 0.29) is 5.78 Å². The Bertz CT molecular complexity index is 906. The molecule has 1 aliphatic rings. The summed E-state index contributed by atoms with van der Waals surface area (Å²) in [6, 6.07) is 14.8. The third-order valence-corrected chi connectivity index (χ3v) is 6.84. The van der Waals surface area contributed by atoms with Crippen molar-refractivity contribution in [1.29, 1.82) is 0 Å². The fraction of sp³-hybridized carbons (Fsp3) is 0.360. The monoisotopic (exact) mass is 470 g/mol. The SMILES string of the molecule is COc1ccc(/C=C/C(=O)c2ccc(OCCCSC(=S)N3CCN(C)CC3)cc2)cc1. The number of carbonyl (C=O) groups excluding carboxylic acids is 1. The molecular weight excluding hydrogens is 440 g/mol. The zero-order chi connectivity index (χ0) is 22.8. The normalized spacial score (nSPS) is 14.5. The lowest BCUT2D eigenvalue weighted by Gasteiger charge is -2.33. The number of likely N-dealkylation sites (N-methyl/N-ethyl adjacent to an activating group) is 1. The summed E-state index contributed by atoms with van der Waals surface area (Å²) in [6.07, 6.45) is 4.30. The maximum Gasteiger partial charge on any atom is 0.185 e. The number of ether oxygens (including phenoxy) is 2. The summed E-state index contributed by atoms with van der Waals surface area (Å²) in [7, 11) is 3.78. The van der Waals surface area contributed by atoms with E-state index < -0.39 is 0 Å². The van der Waals surface area contributed by atoms with Gasteiger partial charge >= 0.3 is 0 Å². The van der Waals surface area contributed by atoms with E-state index in [9.17, 15) is 4.79 Å². The van der Waals surface area contributed by atoms with Crippen LogP contribution >= 0.6 is 24.0 Å². The molecule has 5 nitrogen and oxygen atoms in total. The zero-order valence-corrected chi connectivity index (χ0v) is 20.3.